The smallest absolute Gasteiger partial charge is 0.251 e. The van der Waals surface area contributed by atoms with Crippen LogP contribution in [0.4, 0.5) is 0 Å². The molecule has 0 saturated carbocycles. The molecule has 0 unspecified atom stereocenters. The number of unbranched alkanes of at least 4 members (excludes halogenated alkanes) is 6. The molecule has 0 spiro atoms. The van der Waals surface area contributed by atoms with Crippen molar-refractivity contribution in [1.82, 2.24) is 0 Å². The summed E-state index contributed by atoms with van der Waals surface area (Å²) in [5.74, 6) is 2.30. The first-order valence-corrected chi connectivity index (χ1v) is 24.6. The van der Waals surface area contributed by atoms with Gasteiger partial charge < -0.3 is 8.85 Å². The molecule has 3 aromatic rings. The average Bonchev–Trinajstić information content (AvgIpc) is 3.06. The molecule has 0 aliphatic heterocycles. The normalized spacial score (nSPS) is 12.7. The molecule has 3 aromatic carbocycles. The maximum absolute atomic E-state index is 7.78. The molecular formula is C42H70O2Si2. The van der Waals surface area contributed by atoms with E-state index < -0.39 is 16.6 Å². The Bertz CT molecular complexity index is 1280. The molecule has 0 amide bonds. The van der Waals surface area contributed by atoms with Crippen LogP contribution >= 0.6 is 0 Å². The van der Waals surface area contributed by atoms with Crippen molar-refractivity contribution in [2.75, 3.05) is 0 Å². The van der Waals surface area contributed by atoms with E-state index in [0.29, 0.717) is 0 Å². The van der Waals surface area contributed by atoms with Crippen molar-refractivity contribution >= 4 is 38.2 Å². The standard InChI is InChI=1S/C42H70O2Si2/c1-10-16-28-45(29-17-11-2,30-18-12-3)43-40-36-24-22-23-25-37(36)41(39-34-35(42(7,8)9)26-27-38(39)40)44-46(31-19-13-4,32-20-14-5)33-21-15-6/h22-27,34H,10-21,28-33H2,1-9H3. The molecule has 4 heteroatoms. The van der Waals surface area contributed by atoms with E-state index in [1.54, 1.807) is 0 Å². The van der Waals surface area contributed by atoms with Gasteiger partial charge in [0.15, 0.2) is 0 Å². The summed E-state index contributed by atoms with van der Waals surface area (Å²) in [5.41, 5.74) is 1.43. The lowest BCUT2D eigenvalue weighted by molar-refractivity contribution is 0.513. The third kappa shape index (κ3) is 10.1. The molecular weight excluding hydrogens is 593 g/mol. The molecule has 3 rings (SSSR count). The minimum Gasteiger partial charge on any atom is -0.543 e. The number of fused-ring (bicyclic) bond motifs is 2. The molecule has 0 aliphatic rings. The van der Waals surface area contributed by atoms with Gasteiger partial charge in [-0.2, -0.15) is 0 Å². The Hall–Kier alpha value is -1.79. The zero-order valence-corrected chi connectivity index (χ0v) is 33.6. The van der Waals surface area contributed by atoms with Crippen molar-refractivity contribution in [2.45, 2.75) is 181 Å². The fourth-order valence-corrected chi connectivity index (χ4v) is 16.7. The predicted octanol–water partition coefficient (Wildman–Crippen LogP) is 14.7. The molecule has 258 valence electrons. The Morgan fingerprint density at radius 1 is 0.457 bits per heavy atom. The van der Waals surface area contributed by atoms with E-state index in [1.807, 2.05) is 0 Å². The van der Waals surface area contributed by atoms with Crippen molar-refractivity contribution < 1.29 is 8.85 Å². The summed E-state index contributed by atoms with van der Waals surface area (Å²) in [6, 6.07) is 23.9. The molecule has 0 bridgehead atoms. The van der Waals surface area contributed by atoms with E-state index in [1.165, 1.54) is 140 Å². The van der Waals surface area contributed by atoms with E-state index in [2.05, 4.69) is 105 Å². The van der Waals surface area contributed by atoms with Gasteiger partial charge in [-0.25, -0.2) is 0 Å². The minimum atomic E-state index is -2.05. The Labute approximate surface area is 286 Å². The van der Waals surface area contributed by atoms with Crippen LogP contribution in [-0.2, 0) is 5.41 Å². The van der Waals surface area contributed by atoms with E-state index in [4.69, 9.17) is 8.85 Å². The van der Waals surface area contributed by atoms with Gasteiger partial charge in [0, 0.05) is 21.5 Å². The number of rotatable bonds is 22. The quantitative estimate of drug-likeness (QED) is 0.0787. The summed E-state index contributed by atoms with van der Waals surface area (Å²) >= 11 is 0. The first-order chi connectivity index (χ1) is 22.1. The van der Waals surface area contributed by atoms with Crippen molar-refractivity contribution in [3.8, 4) is 11.5 Å². The Kier molecular flexibility index (Phi) is 15.7. The highest BCUT2D eigenvalue weighted by atomic mass is 28.4. The van der Waals surface area contributed by atoms with Crippen LogP contribution < -0.4 is 8.85 Å². The second-order valence-corrected chi connectivity index (χ2v) is 23.5. The third-order valence-electron chi connectivity index (χ3n) is 10.3. The summed E-state index contributed by atoms with van der Waals surface area (Å²) in [7, 11) is -4.08. The molecule has 0 heterocycles. The van der Waals surface area contributed by atoms with E-state index in [9.17, 15) is 0 Å². The highest BCUT2D eigenvalue weighted by Gasteiger charge is 2.39. The van der Waals surface area contributed by atoms with Crippen LogP contribution in [0.3, 0.4) is 0 Å². The summed E-state index contributed by atoms with van der Waals surface area (Å²) in [6.45, 7) is 21.1. The van der Waals surface area contributed by atoms with Crippen molar-refractivity contribution in [2.24, 2.45) is 0 Å². The largest absolute Gasteiger partial charge is 0.543 e. The van der Waals surface area contributed by atoms with E-state index >= 15 is 0 Å². The van der Waals surface area contributed by atoms with Crippen molar-refractivity contribution in [3.63, 3.8) is 0 Å². The van der Waals surface area contributed by atoms with Gasteiger partial charge in [0.2, 0.25) is 0 Å². The molecule has 0 fully saturated rings. The monoisotopic (exact) mass is 662 g/mol. The average molecular weight is 663 g/mol. The van der Waals surface area contributed by atoms with Gasteiger partial charge in [-0.3, -0.25) is 0 Å². The van der Waals surface area contributed by atoms with Crippen LogP contribution in [0.1, 0.15) is 145 Å². The third-order valence-corrected chi connectivity index (χ3v) is 19.2. The number of benzene rings is 3. The van der Waals surface area contributed by atoms with Gasteiger partial charge in [0.1, 0.15) is 11.5 Å². The van der Waals surface area contributed by atoms with E-state index in [-0.39, 0.29) is 5.41 Å². The van der Waals surface area contributed by atoms with Crippen LogP contribution in [0.25, 0.3) is 21.5 Å². The number of hydrogen-bond donors (Lipinski definition) is 0. The van der Waals surface area contributed by atoms with Crippen LogP contribution in [0.2, 0.25) is 36.3 Å². The lowest BCUT2D eigenvalue weighted by Gasteiger charge is -2.36. The lowest BCUT2D eigenvalue weighted by Crippen LogP contribution is -2.42. The van der Waals surface area contributed by atoms with Crippen molar-refractivity contribution in [3.05, 3.63) is 48.0 Å². The summed E-state index contributed by atoms with van der Waals surface area (Å²) in [5, 5.41) is 5.08. The maximum Gasteiger partial charge on any atom is 0.251 e. The second-order valence-electron chi connectivity index (χ2n) is 15.4. The van der Waals surface area contributed by atoms with Gasteiger partial charge in [-0.1, -0.05) is 176 Å². The van der Waals surface area contributed by atoms with Crippen LogP contribution in [0, 0.1) is 0 Å². The molecule has 2 nitrogen and oxygen atoms in total. The lowest BCUT2D eigenvalue weighted by atomic mass is 9.85. The molecule has 0 radical (unpaired) electrons. The van der Waals surface area contributed by atoms with Gasteiger partial charge >= 0.3 is 0 Å². The van der Waals surface area contributed by atoms with Gasteiger partial charge in [0.25, 0.3) is 16.6 Å². The van der Waals surface area contributed by atoms with Gasteiger partial charge in [-0.05, 0) is 53.3 Å². The highest BCUT2D eigenvalue weighted by molar-refractivity contribution is 6.75. The summed E-state index contributed by atoms with van der Waals surface area (Å²) in [6.07, 6.45) is 15.0. The summed E-state index contributed by atoms with van der Waals surface area (Å²) < 4.78 is 15.5. The predicted molar refractivity (Wildman–Crippen MR) is 211 cm³/mol. The first kappa shape index (κ1) is 38.7. The first-order valence-electron chi connectivity index (χ1n) is 19.5. The Morgan fingerprint density at radius 3 is 1.11 bits per heavy atom. The molecule has 46 heavy (non-hydrogen) atoms. The zero-order chi connectivity index (χ0) is 33.6. The molecule has 0 aliphatic carbocycles. The minimum absolute atomic E-state index is 0.0567. The van der Waals surface area contributed by atoms with Crippen LogP contribution in [0.5, 0.6) is 11.5 Å². The molecule has 0 atom stereocenters. The van der Waals surface area contributed by atoms with Crippen LogP contribution in [-0.4, -0.2) is 16.6 Å². The van der Waals surface area contributed by atoms with E-state index in [0.717, 1.165) is 11.5 Å². The summed E-state index contributed by atoms with van der Waals surface area (Å²) in [4.78, 5) is 0. The second kappa shape index (κ2) is 18.7. The Morgan fingerprint density at radius 2 is 0.783 bits per heavy atom. The van der Waals surface area contributed by atoms with Gasteiger partial charge in [0.05, 0.1) is 0 Å². The maximum atomic E-state index is 7.78. The highest BCUT2D eigenvalue weighted by Crippen LogP contribution is 2.48. The van der Waals surface area contributed by atoms with Crippen molar-refractivity contribution in [1.29, 1.82) is 0 Å². The molecule has 0 N–H and O–H groups in total. The topological polar surface area (TPSA) is 18.5 Å². The Balaban J connectivity index is 2.39. The van der Waals surface area contributed by atoms with Crippen LogP contribution in [0.15, 0.2) is 42.5 Å². The zero-order valence-electron chi connectivity index (χ0n) is 31.6. The fraction of sp³-hybridized carbons (Fsp3) is 0.667. The fourth-order valence-electron chi connectivity index (χ4n) is 7.27. The molecule has 0 aromatic heterocycles. The van der Waals surface area contributed by atoms with Gasteiger partial charge in [-0.15, -0.1) is 0 Å². The SMILES string of the molecule is CCCC[Si](CCCC)(CCCC)Oc1c2ccccc2c(O[Si](CCCC)(CCCC)CCCC)c2cc(C(C)(C)C)ccc12. The number of hydrogen-bond acceptors (Lipinski definition) is 2. The molecule has 0 saturated heterocycles.